The largest absolute Gasteiger partial charge is 0.469 e. The van der Waals surface area contributed by atoms with Gasteiger partial charge in [-0.15, -0.1) is 0 Å². The lowest BCUT2D eigenvalue weighted by Gasteiger charge is -2.69. The maximum atomic E-state index is 13.3. The average molecular weight is 366 g/mol. The Kier molecular flexibility index (Phi) is 2.77. The molecule has 5 unspecified atom stereocenters. The van der Waals surface area contributed by atoms with E-state index in [1.165, 1.54) is 18.4 Å². The number of amides is 1. The zero-order valence-corrected chi connectivity index (χ0v) is 16.0. The van der Waals surface area contributed by atoms with Gasteiger partial charge in [0.25, 0.3) is 0 Å². The molecule has 3 heterocycles. The Morgan fingerprint density at radius 3 is 2.85 bits per heavy atom. The van der Waals surface area contributed by atoms with E-state index in [9.17, 15) is 9.59 Å². The zero-order chi connectivity index (χ0) is 18.6. The fraction of sp³-hybridized carbons (Fsp3) is 0.636. The molecule has 3 aliphatic heterocycles. The van der Waals surface area contributed by atoms with Crippen molar-refractivity contribution in [3.05, 3.63) is 29.8 Å². The van der Waals surface area contributed by atoms with Crippen molar-refractivity contribution in [3.63, 3.8) is 0 Å². The number of esters is 1. The second-order valence-corrected chi connectivity index (χ2v) is 9.38. The van der Waals surface area contributed by atoms with E-state index in [4.69, 9.17) is 4.74 Å². The van der Waals surface area contributed by atoms with Gasteiger partial charge < -0.3 is 14.5 Å². The standard InChI is InChI=1S/C22H26N2O3/c1-23-16-7-4-3-6-14(16)21-13-17(25)24-11-5-8-20(19(21)24)9-10-22(21,23)15(12-20)18(26)27-2/h3-4,6-7,15,19H,5,8-13H2,1-2H3. The first kappa shape index (κ1) is 16.0. The molecule has 5 atom stereocenters. The van der Waals surface area contributed by atoms with Gasteiger partial charge in [-0.05, 0) is 49.1 Å². The van der Waals surface area contributed by atoms with Crippen LogP contribution in [-0.2, 0) is 19.7 Å². The number of methoxy groups -OCH3 is 1. The Bertz CT molecular complexity index is 884. The number of likely N-dealkylation sites (N-methyl/N-ethyl adjacent to an activating group) is 1. The van der Waals surface area contributed by atoms with E-state index in [1.807, 2.05) is 0 Å². The van der Waals surface area contributed by atoms with Crippen molar-refractivity contribution in [2.45, 2.75) is 55.5 Å². The van der Waals surface area contributed by atoms with Gasteiger partial charge in [-0.1, -0.05) is 18.2 Å². The summed E-state index contributed by atoms with van der Waals surface area (Å²) in [5, 5.41) is 0. The third kappa shape index (κ3) is 1.43. The van der Waals surface area contributed by atoms with Crippen LogP contribution in [0.3, 0.4) is 0 Å². The molecular formula is C22H26N2O3. The molecule has 27 heavy (non-hydrogen) atoms. The molecule has 142 valence electrons. The van der Waals surface area contributed by atoms with Gasteiger partial charge in [0.05, 0.1) is 24.0 Å². The number of anilines is 1. The number of benzene rings is 1. The highest BCUT2D eigenvalue weighted by Crippen LogP contribution is 2.75. The molecule has 0 aromatic heterocycles. The Hall–Kier alpha value is -2.04. The molecule has 1 aromatic carbocycles. The molecule has 2 bridgehead atoms. The minimum atomic E-state index is -0.349. The molecule has 2 saturated heterocycles. The summed E-state index contributed by atoms with van der Waals surface area (Å²) >= 11 is 0. The van der Waals surface area contributed by atoms with Crippen LogP contribution in [0.2, 0.25) is 0 Å². The SMILES string of the molecule is COC(=O)C1CC23CCCN4C(=O)CC5(c6ccccc6N(C)C15CC2)C43. The summed E-state index contributed by atoms with van der Waals surface area (Å²) in [5.41, 5.74) is 1.91. The molecule has 3 saturated carbocycles. The predicted octanol–water partition coefficient (Wildman–Crippen LogP) is 2.48. The summed E-state index contributed by atoms with van der Waals surface area (Å²) in [6.45, 7) is 0.873. The van der Waals surface area contributed by atoms with Crippen LogP contribution in [0, 0.1) is 11.3 Å². The van der Waals surface area contributed by atoms with Crippen LogP contribution in [0.25, 0.3) is 0 Å². The van der Waals surface area contributed by atoms with E-state index in [2.05, 4.69) is 41.1 Å². The summed E-state index contributed by atoms with van der Waals surface area (Å²) in [6.07, 6.45) is 5.64. The van der Waals surface area contributed by atoms with Crippen LogP contribution in [0.15, 0.2) is 24.3 Å². The van der Waals surface area contributed by atoms with Gasteiger partial charge in [-0.25, -0.2) is 0 Å². The molecule has 0 radical (unpaired) electrons. The van der Waals surface area contributed by atoms with Gasteiger partial charge in [-0.3, -0.25) is 9.59 Å². The maximum absolute atomic E-state index is 13.3. The highest BCUT2D eigenvalue weighted by Gasteiger charge is 2.81. The summed E-state index contributed by atoms with van der Waals surface area (Å²) in [5.74, 6) is 0.0183. The van der Waals surface area contributed by atoms with Crippen molar-refractivity contribution >= 4 is 17.6 Å². The fourth-order valence-corrected chi connectivity index (χ4v) is 8.34. The number of hydrogen-bond acceptors (Lipinski definition) is 4. The topological polar surface area (TPSA) is 49.9 Å². The monoisotopic (exact) mass is 366 g/mol. The first-order valence-corrected chi connectivity index (χ1v) is 10.2. The lowest BCUT2D eigenvalue weighted by atomic mass is 9.38. The van der Waals surface area contributed by atoms with Gasteiger partial charge in [-0.2, -0.15) is 0 Å². The second kappa shape index (κ2) is 4.68. The highest BCUT2D eigenvalue weighted by atomic mass is 16.5. The van der Waals surface area contributed by atoms with Gasteiger partial charge in [0.2, 0.25) is 5.91 Å². The molecule has 7 rings (SSSR count). The number of ether oxygens (including phenoxy) is 1. The van der Waals surface area contributed by atoms with E-state index in [0.717, 1.165) is 38.6 Å². The molecule has 1 amide bonds. The number of hydrogen-bond donors (Lipinski definition) is 0. The van der Waals surface area contributed by atoms with Crippen molar-refractivity contribution in [1.82, 2.24) is 4.90 Å². The number of piperidine rings is 1. The molecule has 5 fully saturated rings. The minimum Gasteiger partial charge on any atom is -0.469 e. The second-order valence-electron chi connectivity index (χ2n) is 9.38. The maximum Gasteiger partial charge on any atom is 0.311 e. The van der Waals surface area contributed by atoms with Crippen molar-refractivity contribution in [3.8, 4) is 0 Å². The lowest BCUT2D eigenvalue weighted by Crippen LogP contribution is -2.78. The van der Waals surface area contributed by atoms with E-state index in [-0.39, 0.29) is 40.2 Å². The molecule has 0 N–H and O–H groups in total. The van der Waals surface area contributed by atoms with E-state index >= 15 is 0 Å². The average Bonchev–Trinajstić information content (AvgIpc) is 3.13. The van der Waals surface area contributed by atoms with Crippen molar-refractivity contribution in [2.24, 2.45) is 11.3 Å². The minimum absolute atomic E-state index is 0.0588. The third-order valence-corrected chi connectivity index (χ3v) is 8.98. The van der Waals surface area contributed by atoms with Crippen LogP contribution in [0.5, 0.6) is 0 Å². The molecule has 5 heteroatoms. The molecule has 3 aliphatic carbocycles. The third-order valence-electron chi connectivity index (χ3n) is 8.98. The molecule has 5 nitrogen and oxygen atoms in total. The molecule has 3 spiro atoms. The molecule has 1 aromatic rings. The number of nitrogens with zero attached hydrogens (tertiary/aromatic N) is 2. The smallest absolute Gasteiger partial charge is 0.311 e. The summed E-state index contributed by atoms with van der Waals surface area (Å²) in [4.78, 5) is 30.9. The number of rotatable bonds is 1. The predicted molar refractivity (Wildman–Crippen MR) is 100 cm³/mol. The summed E-state index contributed by atoms with van der Waals surface area (Å²) in [6, 6.07) is 8.78. The lowest BCUT2D eigenvalue weighted by molar-refractivity contribution is -0.175. The van der Waals surface area contributed by atoms with Crippen LogP contribution in [0.1, 0.15) is 44.1 Å². The Balaban J connectivity index is 1.70. The van der Waals surface area contributed by atoms with Crippen molar-refractivity contribution < 1.29 is 14.3 Å². The van der Waals surface area contributed by atoms with Gasteiger partial charge in [0.15, 0.2) is 0 Å². The fourth-order valence-electron chi connectivity index (χ4n) is 8.34. The first-order valence-electron chi connectivity index (χ1n) is 10.2. The summed E-state index contributed by atoms with van der Waals surface area (Å²) in [7, 11) is 3.65. The van der Waals surface area contributed by atoms with E-state index < -0.39 is 0 Å². The van der Waals surface area contributed by atoms with Gasteiger partial charge in [0.1, 0.15) is 0 Å². The summed E-state index contributed by atoms with van der Waals surface area (Å²) < 4.78 is 5.33. The quantitative estimate of drug-likeness (QED) is 0.717. The Morgan fingerprint density at radius 1 is 1.22 bits per heavy atom. The highest BCUT2D eigenvalue weighted by molar-refractivity contribution is 5.89. The van der Waals surface area contributed by atoms with Crippen LogP contribution in [0.4, 0.5) is 5.69 Å². The zero-order valence-electron chi connectivity index (χ0n) is 16.0. The van der Waals surface area contributed by atoms with Crippen LogP contribution < -0.4 is 4.90 Å². The van der Waals surface area contributed by atoms with Crippen molar-refractivity contribution in [1.29, 1.82) is 0 Å². The Labute approximate surface area is 159 Å². The molecular weight excluding hydrogens is 340 g/mol. The first-order chi connectivity index (χ1) is 13.0. The normalized spacial score (nSPS) is 43.4. The van der Waals surface area contributed by atoms with Crippen LogP contribution in [-0.4, -0.2) is 49.1 Å². The number of carbonyl (C=O) groups excluding carboxylic acids is 2. The van der Waals surface area contributed by atoms with Crippen LogP contribution >= 0.6 is 0 Å². The van der Waals surface area contributed by atoms with Gasteiger partial charge in [0, 0.05) is 31.7 Å². The number of carbonyl (C=O) groups is 2. The van der Waals surface area contributed by atoms with Gasteiger partial charge >= 0.3 is 5.97 Å². The van der Waals surface area contributed by atoms with E-state index in [1.54, 1.807) is 0 Å². The molecule has 6 aliphatic rings. The Morgan fingerprint density at radius 2 is 2.04 bits per heavy atom. The van der Waals surface area contributed by atoms with E-state index in [0.29, 0.717) is 6.42 Å². The number of fused-ring (bicyclic) bond motifs is 3. The van der Waals surface area contributed by atoms with Crippen molar-refractivity contribution in [2.75, 3.05) is 25.6 Å². The number of para-hydroxylation sites is 1.